The summed E-state index contributed by atoms with van der Waals surface area (Å²) in [6.45, 7) is 0. The molecule has 23 heavy (non-hydrogen) atoms. The van der Waals surface area contributed by atoms with E-state index in [9.17, 15) is 28.1 Å². The molecular formula is C14H9F3N2O4. The molecule has 0 unspecified atom stereocenters. The topological polar surface area (TPSA) is 81.5 Å². The average Bonchev–Trinajstić information content (AvgIpc) is 2.48. The Labute approximate surface area is 127 Å². The third-order valence-electron chi connectivity index (χ3n) is 2.69. The number of halogens is 3. The lowest BCUT2D eigenvalue weighted by molar-refractivity contribution is -0.385. The van der Waals surface area contributed by atoms with Gasteiger partial charge in [0.1, 0.15) is 0 Å². The zero-order valence-corrected chi connectivity index (χ0v) is 11.3. The van der Waals surface area contributed by atoms with Crippen LogP contribution in [0.3, 0.4) is 0 Å². The van der Waals surface area contributed by atoms with E-state index in [-0.39, 0.29) is 11.3 Å². The van der Waals surface area contributed by atoms with Crippen molar-refractivity contribution in [2.75, 3.05) is 5.32 Å². The largest absolute Gasteiger partial charge is 0.573 e. The van der Waals surface area contributed by atoms with Gasteiger partial charge in [0.2, 0.25) is 0 Å². The van der Waals surface area contributed by atoms with Crippen LogP contribution in [0.1, 0.15) is 10.4 Å². The number of nitrogens with zero attached hydrogens (tertiary/aromatic N) is 1. The number of nitro groups is 1. The Morgan fingerprint density at radius 1 is 1.13 bits per heavy atom. The highest BCUT2D eigenvalue weighted by molar-refractivity contribution is 6.05. The van der Waals surface area contributed by atoms with E-state index >= 15 is 0 Å². The summed E-state index contributed by atoms with van der Waals surface area (Å²) in [7, 11) is 0. The molecular weight excluding hydrogens is 317 g/mol. The molecule has 1 amide bonds. The number of hydrogen-bond donors (Lipinski definition) is 1. The van der Waals surface area contributed by atoms with Crippen molar-refractivity contribution in [1.29, 1.82) is 0 Å². The SMILES string of the molecule is O=C(Nc1ccc([N+](=O)[O-])cc1OC(F)(F)F)c1ccccc1. The lowest BCUT2D eigenvalue weighted by atomic mass is 10.2. The molecule has 0 radical (unpaired) electrons. The molecule has 0 heterocycles. The zero-order valence-electron chi connectivity index (χ0n) is 11.3. The highest BCUT2D eigenvalue weighted by atomic mass is 19.4. The summed E-state index contributed by atoms with van der Waals surface area (Å²) in [5.41, 5.74) is -0.715. The molecule has 0 saturated heterocycles. The van der Waals surface area contributed by atoms with Crippen LogP contribution in [0.15, 0.2) is 48.5 Å². The Morgan fingerprint density at radius 2 is 1.78 bits per heavy atom. The predicted molar refractivity (Wildman–Crippen MR) is 74.2 cm³/mol. The molecule has 1 N–H and O–H groups in total. The predicted octanol–water partition coefficient (Wildman–Crippen LogP) is 3.75. The lowest BCUT2D eigenvalue weighted by Gasteiger charge is -2.13. The third-order valence-corrected chi connectivity index (χ3v) is 2.69. The number of nitrogens with one attached hydrogen (secondary N) is 1. The molecule has 9 heteroatoms. The maximum atomic E-state index is 12.4. The first kappa shape index (κ1) is 16.3. The second kappa shape index (κ2) is 6.34. The average molecular weight is 326 g/mol. The Morgan fingerprint density at radius 3 is 2.35 bits per heavy atom. The van der Waals surface area contributed by atoms with Gasteiger partial charge >= 0.3 is 6.36 Å². The van der Waals surface area contributed by atoms with Crippen LogP contribution in [0, 0.1) is 10.1 Å². The minimum absolute atomic E-state index is 0.212. The van der Waals surface area contributed by atoms with Gasteiger partial charge in [-0.2, -0.15) is 0 Å². The van der Waals surface area contributed by atoms with Gasteiger partial charge in [-0.1, -0.05) is 18.2 Å². The second-order valence-electron chi connectivity index (χ2n) is 4.31. The standard InChI is InChI=1S/C14H9F3N2O4/c15-14(16,17)23-12-8-10(19(21)22)6-7-11(12)18-13(20)9-4-2-1-3-5-9/h1-8H,(H,18,20). The van der Waals surface area contributed by atoms with Crippen molar-refractivity contribution in [2.24, 2.45) is 0 Å². The summed E-state index contributed by atoms with van der Waals surface area (Å²) in [6.07, 6.45) is -5.05. The fraction of sp³-hybridized carbons (Fsp3) is 0.0714. The van der Waals surface area contributed by atoms with E-state index in [4.69, 9.17) is 0 Å². The van der Waals surface area contributed by atoms with Crippen molar-refractivity contribution in [3.8, 4) is 5.75 Å². The zero-order chi connectivity index (χ0) is 17.0. The van der Waals surface area contributed by atoms with Gasteiger partial charge in [0, 0.05) is 11.6 Å². The molecule has 6 nitrogen and oxygen atoms in total. The summed E-state index contributed by atoms with van der Waals surface area (Å²) in [6, 6.07) is 10.3. The fourth-order valence-electron chi connectivity index (χ4n) is 1.72. The molecule has 0 spiro atoms. The van der Waals surface area contributed by atoms with Crippen molar-refractivity contribution in [3.05, 3.63) is 64.2 Å². The van der Waals surface area contributed by atoms with E-state index in [1.54, 1.807) is 18.2 Å². The Balaban J connectivity index is 2.33. The molecule has 2 aromatic rings. The number of alkyl halides is 3. The van der Waals surface area contributed by atoms with Crippen molar-refractivity contribution in [1.82, 2.24) is 0 Å². The minimum atomic E-state index is -5.05. The van der Waals surface area contributed by atoms with Crippen LogP contribution < -0.4 is 10.1 Å². The van der Waals surface area contributed by atoms with Gasteiger partial charge in [0.25, 0.3) is 11.6 Å². The minimum Gasteiger partial charge on any atom is -0.403 e. The molecule has 2 rings (SSSR count). The van der Waals surface area contributed by atoms with Crippen LogP contribution >= 0.6 is 0 Å². The highest BCUT2D eigenvalue weighted by Crippen LogP contribution is 2.33. The third kappa shape index (κ3) is 4.43. The number of non-ortho nitro benzene ring substituents is 1. The van der Waals surface area contributed by atoms with Gasteiger partial charge in [-0.15, -0.1) is 13.2 Å². The van der Waals surface area contributed by atoms with Gasteiger partial charge in [0.05, 0.1) is 16.7 Å². The van der Waals surface area contributed by atoms with Gasteiger partial charge in [0.15, 0.2) is 5.75 Å². The summed E-state index contributed by atoms with van der Waals surface area (Å²) in [5.74, 6) is -1.54. The van der Waals surface area contributed by atoms with Crippen molar-refractivity contribution in [2.45, 2.75) is 6.36 Å². The number of rotatable bonds is 4. The molecule has 0 atom stereocenters. The molecule has 2 aromatic carbocycles. The van der Waals surface area contributed by atoms with Gasteiger partial charge in [-0.05, 0) is 18.2 Å². The molecule has 0 aromatic heterocycles. The van der Waals surface area contributed by atoms with E-state index in [0.29, 0.717) is 6.07 Å². The Hall–Kier alpha value is -3.10. The highest BCUT2D eigenvalue weighted by Gasteiger charge is 2.33. The number of hydrogen-bond acceptors (Lipinski definition) is 4. The number of nitro benzene ring substituents is 1. The first-order valence-corrected chi connectivity index (χ1v) is 6.17. The van der Waals surface area contributed by atoms with Crippen LogP contribution in [-0.4, -0.2) is 17.2 Å². The molecule has 0 aliphatic rings. The summed E-state index contributed by atoms with van der Waals surface area (Å²) in [5, 5.41) is 12.9. The molecule has 0 fully saturated rings. The summed E-state index contributed by atoms with van der Waals surface area (Å²) < 4.78 is 41.0. The Bertz CT molecular complexity index is 733. The Kier molecular flexibility index (Phi) is 4.49. The number of carbonyl (C=O) groups excluding carboxylic acids is 1. The van der Waals surface area contributed by atoms with E-state index in [2.05, 4.69) is 10.1 Å². The molecule has 0 bridgehead atoms. The summed E-state index contributed by atoms with van der Waals surface area (Å²) >= 11 is 0. The number of carbonyl (C=O) groups is 1. The maximum absolute atomic E-state index is 12.4. The summed E-state index contributed by atoms with van der Waals surface area (Å²) in [4.78, 5) is 21.8. The second-order valence-corrected chi connectivity index (χ2v) is 4.31. The van der Waals surface area contributed by atoms with Crippen molar-refractivity contribution in [3.63, 3.8) is 0 Å². The van der Waals surface area contributed by atoms with Crippen LogP contribution in [-0.2, 0) is 0 Å². The van der Waals surface area contributed by atoms with Crippen LogP contribution in [0.4, 0.5) is 24.5 Å². The van der Waals surface area contributed by atoms with E-state index < -0.39 is 28.6 Å². The quantitative estimate of drug-likeness (QED) is 0.685. The first-order valence-electron chi connectivity index (χ1n) is 6.17. The smallest absolute Gasteiger partial charge is 0.403 e. The number of ether oxygens (including phenoxy) is 1. The van der Waals surface area contributed by atoms with E-state index in [1.807, 2.05) is 0 Å². The maximum Gasteiger partial charge on any atom is 0.573 e. The van der Waals surface area contributed by atoms with Crippen LogP contribution in [0.5, 0.6) is 5.75 Å². The number of anilines is 1. The van der Waals surface area contributed by atoms with Crippen LogP contribution in [0.25, 0.3) is 0 Å². The number of benzene rings is 2. The van der Waals surface area contributed by atoms with Crippen molar-refractivity contribution < 1.29 is 27.6 Å². The van der Waals surface area contributed by atoms with Crippen LogP contribution in [0.2, 0.25) is 0 Å². The normalized spacial score (nSPS) is 10.9. The molecule has 0 saturated carbocycles. The van der Waals surface area contributed by atoms with Gasteiger partial charge in [-0.3, -0.25) is 14.9 Å². The van der Waals surface area contributed by atoms with Gasteiger partial charge < -0.3 is 10.1 Å². The van der Waals surface area contributed by atoms with Gasteiger partial charge in [-0.25, -0.2) is 0 Å². The lowest BCUT2D eigenvalue weighted by Crippen LogP contribution is -2.19. The van der Waals surface area contributed by atoms with Crippen molar-refractivity contribution >= 4 is 17.3 Å². The monoisotopic (exact) mass is 326 g/mol. The first-order chi connectivity index (χ1) is 10.8. The van der Waals surface area contributed by atoms with E-state index in [1.165, 1.54) is 12.1 Å². The van der Waals surface area contributed by atoms with E-state index in [0.717, 1.165) is 12.1 Å². The number of amides is 1. The molecule has 0 aliphatic heterocycles. The fourth-order valence-corrected chi connectivity index (χ4v) is 1.72. The molecule has 0 aliphatic carbocycles. The molecule has 120 valence electrons.